The first-order chi connectivity index (χ1) is 16.5. The summed E-state index contributed by atoms with van der Waals surface area (Å²) in [5.41, 5.74) is 2.79. The molecule has 0 saturated heterocycles. The van der Waals surface area contributed by atoms with Gasteiger partial charge in [-0.25, -0.2) is 18.5 Å². The summed E-state index contributed by atoms with van der Waals surface area (Å²) in [6.07, 6.45) is 5.04. The van der Waals surface area contributed by atoms with Crippen LogP contribution in [-0.2, 0) is 10.0 Å². The third-order valence-corrected chi connectivity index (χ3v) is 7.02. The number of primary sulfonamides is 1. The Morgan fingerprint density at radius 1 is 1.26 bits per heavy atom. The number of rotatable bonds is 6. The Hall–Kier alpha value is -3.21. The maximum Gasteiger partial charge on any atom is 0.259 e. The van der Waals surface area contributed by atoms with Crippen molar-refractivity contribution in [1.82, 2.24) is 14.8 Å². The van der Waals surface area contributed by atoms with Gasteiger partial charge in [0.25, 0.3) is 10.0 Å². The van der Waals surface area contributed by atoms with Gasteiger partial charge in [-0.3, -0.25) is 9.48 Å². The van der Waals surface area contributed by atoms with Crippen LogP contribution >= 0.6 is 11.6 Å². The first-order valence-corrected chi connectivity index (χ1v) is 12.9. The molecule has 1 aliphatic rings. The standard InChI is InChI=1S/C24H23ClN4O5S/c1-12-8-17(14(3)33-19-6-7-20(25)28-24(19)35(26,31)32)23-18(9-12)21(30)13(2)22(34-23)15-10-27-29(11-15)16-4-5-16/h6-11,14,16H,4-5H2,1-3H3,(H2,26,31,32)/t14-/m1/s1. The zero-order valence-electron chi connectivity index (χ0n) is 19.3. The monoisotopic (exact) mass is 514 g/mol. The molecular weight excluding hydrogens is 492 g/mol. The Labute approximate surface area is 206 Å². The number of fused-ring (bicyclic) bond motifs is 1. The van der Waals surface area contributed by atoms with E-state index in [0.29, 0.717) is 39.5 Å². The summed E-state index contributed by atoms with van der Waals surface area (Å²) in [5, 5.41) is 9.63. The maximum atomic E-state index is 13.3. The highest BCUT2D eigenvalue weighted by Gasteiger charge is 2.26. The molecule has 0 radical (unpaired) electrons. The lowest BCUT2D eigenvalue weighted by Gasteiger charge is -2.19. The fourth-order valence-electron chi connectivity index (χ4n) is 4.09. The number of hydrogen-bond donors (Lipinski definition) is 1. The van der Waals surface area contributed by atoms with Crippen molar-refractivity contribution in [2.75, 3.05) is 0 Å². The Morgan fingerprint density at radius 2 is 2.00 bits per heavy atom. The molecule has 0 unspecified atom stereocenters. The van der Waals surface area contributed by atoms with Crippen LogP contribution in [0.25, 0.3) is 22.3 Å². The van der Waals surface area contributed by atoms with Gasteiger partial charge in [0, 0.05) is 17.3 Å². The number of nitrogens with two attached hydrogens (primary N) is 1. The SMILES string of the molecule is Cc1cc([C@@H](C)Oc2ccc(Cl)nc2S(N)(=O)=O)c2oc(-c3cnn(C4CC4)c3)c(C)c(=O)c2c1. The van der Waals surface area contributed by atoms with Crippen LogP contribution in [0.4, 0.5) is 0 Å². The van der Waals surface area contributed by atoms with E-state index in [4.69, 9.17) is 25.9 Å². The predicted molar refractivity (Wildman–Crippen MR) is 131 cm³/mol. The lowest BCUT2D eigenvalue weighted by Crippen LogP contribution is -2.17. The average Bonchev–Trinajstić information content (AvgIpc) is 3.53. The minimum atomic E-state index is -4.19. The minimum absolute atomic E-state index is 0.0344. The molecule has 4 aromatic rings. The first-order valence-electron chi connectivity index (χ1n) is 11.0. The van der Waals surface area contributed by atoms with Gasteiger partial charge in [-0.1, -0.05) is 11.6 Å². The molecule has 35 heavy (non-hydrogen) atoms. The number of nitrogens with zero attached hydrogens (tertiary/aromatic N) is 3. The average molecular weight is 515 g/mol. The largest absolute Gasteiger partial charge is 0.483 e. The molecule has 0 aliphatic heterocycles. The molecule has 0 spiro atoms. The third kappa shape index (κ3) is 4.44. The van der Waals surface area contributed by atoms with Crippen molar-refractivity contribution in [1.29, 1.82) is 0 Å². The summed E-state index contributed by atoms with van der Waals surface area (Å²) in [4.78, 5) is 17.2. The predicted octanol–water partition coefficient (Wildman–Crippen LogP) is 4.44. The molecule has 1 atom stereocenters. The van der Waals surface area contributed by atoms with Gasteiger partial charge in [-0.15, -0.1) is 0 Å². The molecule has 1 fully saturated rings. The Morgan fingerprint density at radius 3 is 2.69 bits per heavy atom. The highest BCUT2D eigenvalue weighted by atomic mass is 35.5. The number of halogens is 1. The van der Waals surface area contributed by atoms with E-state index >= 15 is 0 Å². The quantitative estimate of drug-likeness (QED) is 0.376. The van der Waals surface area contributed by atoms with E-state index in [1.165, 1.54) is 12.1 Å². The van der Waals surface area contributed by atoms with Crippen molar-refractivity contribution < 1.29 is 17.6 Å². The second kappa shape index (κ2) is 8.47. The van der Waals surface area contributed by atoms with Crippen molar-refractivity contribution in [3.05, 3.63) is 68.7 Å². The van der Waals surface area contributed by atoms with E-state index in [1.807, 2.05) is 23.9 Å². The summed E-state index contributed by atoms with van der Waals surface area (Å²) in [7, 11) is -4.19. The van der Waals surface area contributed by atoms with E-state index in [1.54, 1.807) is 26.1 Å². The Bertz CT molecular complexity index is 1640. The molecular formula is C24H23ClN4O5S. The first kappa shape index (κ1) is 23.5. The molecule has 1 saturated carbocycles. The van der Waals surface area contributed by atoms with Crippen molar-refractivity contribution in [2.45, 2.75) is 50.8 Å². The van der Waals surface area contributed by atoms with Crippen molar-refractivity contribution in [2.24, 2.45) is 5.14 Å². The van der Waals surface area contributed by atoms with Crippen LogP contribution in [0.1, 0.15) is 48.6 Å². The van der Waals surface area contributed by atoms with Crippen LogP contribution < -0.4 is 15.3 Å². The van der Waals surface area contributed by atoms with Gasteiger partial charge in [0.05, 0.1) is 23.2 Å². The molecule has 1 aromatic carbocycles. The minimum Gasteiger partial charge on any atom is -0.483 e. The topological polar surface area (TPSA) is 130 Å². The van der Waals surface area contributed by atoms with Crippen LogP contribution in [0.5, 0.6) is 5.75 Å². The van der Waals surface area contributed by atoms with Crippen molar-refractivity contribution in [3.8, 4) is 17.1 Å². The molecule has 9 nitrogen and oxygen atoms in total. The molecule has 3 aromatic heterocycles. The number of pyridine rings is 1. The molecule has 1 aliphatic carbocycles. The fourth-order valence-corrected chi connectivity index (χ4v) is 4.91. The van der Waals surface area contributed by atoms with Gasteiger partial charge in [0.2, 0.25) is 5.03 Å². The molecule has 0 amide bonds. The van der Waals surface area contributed by atoms with Crippen LogP contribution in [0.15, 0.2) is 50.9 Å². The molecule has 182 valence electrons. The van der Waals surface area contributed by atoms with E-state index in [9.17, 15) is 13.2 Å². The molecule has 5 rings (SSSR count). The molecule has 3 heterocycles. The Kier molecular flexibility index (Phi) is 5.70. The van der Waals surface area contributed by atoms with Crippen LogP contribution in [0, 0.1) is 13.8 Å². The summed E-state index contributed by atoms with van der Waals surface area (Å²) in [5.74, 6) is 0.379. The van der Waals surface area contributed by atoms with Crippen molar-refractivity contribution >= 4 is 32.6 Å². The summed E-state index contributed by atoms with van der Waals surface area (Å²) >= 11 is 5.87. The lowest BCUT2D eigenvalue weighted by atomic mass is 10.0. The number of aromatic nitrogens is 3. The number of sulfonamides is 1. The lowest BCUT2D eigenvalue weighted by molar-refractivity contribution is 0.219. The van der Waals surface area contributed by atoms with E-state index in [2.05, 4.69) is 10.1 Å². The maximum absolute atomic E-state index is 13.3. The summed E-state index contributed by atoms with van der Waals surface area (Å²) < 4.78 is 38.3. The van der Waals surface area contributed by atoms with Crippen molar-refractivity contribution in [3.63, 3.8) is 0 Å². The number of ether oxygens (including phenoxy) is 1. The zero-order valence-corrected chi connectivity index (χ0v) is 20.9. The Balaban J connectivity index is 1.64. The van der Waals surface area contributed by atoms with E-state index in [0.717, 1.165) is 18.4 Å². The van der Waals surface area contributed by atoms with Gasteiger partial charge in [0.1, 0.15) is 22.6 Å². The second-order valence-corrected chi connectivity index (χ2v) is 10.7. The van der Waals surface area contributed by atoms with Gasteiger partial charge in [-0.05, 0) is 63.4 Å². The van der Waals surface area contributed by atoms with Crippen LogP contribution in [0.3, 0.4) is 0 Å². The number of aryl methyl sites for hydroxylation is 1. The van der Waals surface area contributed by atoms with Crippen LogP contribution in [-0.4, -0.2) is 23.2 Å². The van der Waals surface area contributed by atoms with Gasteiger partial charge >= 0.3 is 0 Å². The number of hydrogen-bond acceptors (Lipinski definition) is 7. The number of benzene rings is 1. The van der Waals surface area contributed by atoms with E-state index in [-0.39, 0.29) is 16.3 Å². The normalized spacial score (nSPS) is 14.9. The highest BCUT2D eigenvalue weighted by Crippen LogP contribution is 2.37. The highest BCUT2D eigenvalue weighted by molar-refractivity contribution is 7.89. The summed E-state index contributed by atoms with van der Waals surface area (Å²) in [6, 6.07) is 6.79. The van der Waals surface area contributed by atoms with Gasteiger partial charge < -0.3 is 9.15 Å². The molecule has 2 N–H and O–H groups in total. The third-order valence-electron chi connectivity index (χ3n) is 5.98. The van der Waals surface area contributed by atoms with Crippen LogP contribution in [0.2, 0.25) is 5.15 Å². The zero-order chi connectivity index (χ0) is 25.1. The van der Waals surface area contributed by atoms with E-state index < -0.39 is 21.2 Å². The smallest absolute Gasteiger partial charge is 0.259 e. The fraction of sp³-hybridized carbons (Fsp3) is 0.292. The second-order valence-electron chi connectivity index (χ2n) is 8.80. The summed E-state index contributed by atoms with van der Waals surface area (Å²) in [6.45, 7) is 5.31. The van der Waals surface area contributed by atoms with Gasteiger partial charge in [-0.2, -0.15) is 5.10 Å². The molecule has 0 bridgehead atoms. The molecule has 11 heteroatoms. The van der Waals surface area contributed by atoms with Gasteiger partial charge in [0.15, 0.2) is 11.2 Å².